The van der Waals surface area contributed by atoms with Gasteiger partial charge in [-0.15, -0.1) is 0 Å². The number of rotatable bonds is 23. The van der Waals surface area contributed by atoms with Crippen LogP contribution in [-0.2, 0) is 23.7 Å². The van der Waals surface area contributed by atoms with Crippen molar-refractivity contribution in [3.8, 4) is 0 Å². The lowest BCUT2D eigenvalue weighted by Gasteiger charge is -2.42. The van der Waals surface area contributed by atoms with Gasteiger partial charge in [-0.2, -0.15) is 0 Å². The number of esters is 1. The lowest BCUT2D eigenvalue weighted by molar-refractivity contribution is -0.310. The molecule has 0 aromatic carbocycles. The zero-order valence-corrected chi connectivity index (χ0v) is 27.8. The molecule has 1 heterocycles. The molecule has 0 unspecified atom stereocenters. The van der Waals surface area contributed by atoms with Gasteiger partial charge in [0.15, 0.2) is 6.29 Å². The standard InChI is InChI=1S/C34H60O13/c1-2-3-4-5-6-7-8-9-10-11-12-13-14-15-16-17-27(37)45-20-24(36)21-46-34-33(43)32(42)30(40)26(47-34)22-44-25-18-23(19-35)28(38)31(41)29(25)39/h6-7,9-10,23-26,28-36,38-43H,2-5,8,11-22H2,1H3/b7-6-,10-9-/t23-,24-,25+,26-,28+,29+,30+,31+,32+,33-,34-/m1/s1. The number of ether oxygens (including phenoxy) is 4. The first kappa shape index (κ1) is 41.7. The molecular weight excluding hydrogens is 616 g/mol. The van der Waals surface area contributed by atoms with Crippen LogP contribution in [-0.4, -0.2) is 134 Å². The third-order valence-electron chi connectivity index (χ3n) is 8.70. The largest absolute Gasteiger partial charge is 0.463 e. The Morgan fingerprint density at radius 2 is 1.40 bits per heavy atom. The van der Waals surface area contributed by atoms with Crippen LogP contribution in [0.1, 0.15) is 90.4 Å². The summed E-state index contributed by atoms with van der Waals surface area (Å²) in [5, 5.41) is 80.9. The number of carbonyl (C=O) groups excluding carboxylic acids is 1. The maximum absolute atomic E-state index is 12.1. The fourth-order valence-electron chi connectivity index (χ4n) is 5.63. The Kier molecular flexibility index (Phi) is 21.1. The molecule has 8 N–H and O–H groups in total. The molecule has 47 heavy (non-hydrogen) atoms. The Labute approximate surface area is 278 Å². The van der Waals surface area contributed by atoms with Gasteiger partial charge in [0.2, 0.25) is 0 Å². The highest BCUT2D eigenvalue weighted by Crippen LogP contribution is 2.29. The van der Waals surface area contributed by atoms with Crippen LogP contribution in [0, 0.1) is 5.92 Å². The summed E-state index contributed by atoms with van der Waals surface area (Å²) in [4.78, 5) is 12.1. The molecule has 1 saturated heterocycles. The van der Waals surface area contributed by atoms with Gasteiger partial charge in [-0.3, -0.25) is 4.79 Å². The summed E-state index contributed by atoms with van der Waals surface area (Å²) in [7, 11) is 0. The normalized spacial score (nSPS) is 32.3. The van der Waals surface area contributed by atoms with E-state index in [1.54, 1.807) is 0 Å². The SMILES string of the molecule is CCCCC/C=C\C/C=C\CCCCCCCC(=O)OC[C@@H](O)CO[C@@H]1O[C@H](CO[C@H]2C[C@H](CO)[C@H](O)[C@H](O)[C@H]2O)[C@H](O)[C@H](O)[C@H]1O. The van der Waals surface area contributed by atoms with Crippen LogP contribution in [0.25, 0.3) is 0 Å². The molecule has 0 aromatic heterocycles. The zero-order chi connectivity index (χ0) is 34.6. The zero-order valence-electron chi connectivity index (χ0n) is 27.8. The second kappa shape index (κ2) is 23.8. The van der Waals surface area contributed by atoms with Gasteiger partial charge in [-0.1, -0.05) is 63.3 Å². The minimum atomic E-state index is -1.69. The van der Waals surface area contributed by atoms with Gasteiger partial charge >= 0.3 is 5.97 Å². The van der Waals surface area contributed by atoms with Gasteiger partial charge in [0.05, 0.1) is 25.4 Å². The van der Waals surface area contributed by atoms with Crippen molar-refractivity contribution in [2.75, 3.05) is 26.4 Å². The van der Waals surface area contributed by atoms with Gasteiger partial charge in [-0.05, 0) is 44.9 Å². The Balaban J connectivity index is 1.58. The van der Waals surface area contributed by atoms with Crippen molar-refractivity contribution in [1.82, 2.24) is 0 Å². The first-order chi connectivity index (χ1) is 22.6. The molecule has 0 amide bonds. The Bertz CT molecular complexity index is 884. The van der Waals surface area contributed by atoms with Crippen LogP contribution in [0.15, 0.2) is 24.3 Å². The number of unbranched alkanes of at least 4 members (excludes halogenated alkanes) is 8. The third kappa shape index (κ3) is 15.3. The first-order valence-electron chi connectivity index (χ1n) is 17.3. The van der Waals surface area contributed by atoms with Gasteiger partial charge in [0.1, 0.15) is 49.3 Å². The van der Waals surface area contributed by atoms with Crippen molar-refractivity contribution in [3.05, 3.63) is 24.3 Å². The van der Waals surface area contributed by atoms with E-state index in [2.05, 4.69) is 31.2 Å². The van der Waals surface area contributed by atoms with E-state index in [4.69, 9.17) is 18.9 Å². The Morgan fingerprint density at radius 3 is 2.09 bits per heavy atom. The second-order valence-electron chi connectivity index (χ2n) is 12.7. The summed E-state index contributed by atoms with van der Waals surface area (Å²) >= 11 is 0. The fraction of sp³-hybridized carbons (Fsp3) is 0.853. The highest BCUT2D eigenvalue weighted by atomic mass is 16.7. The molecule has 2 rings (SSSR count). The molecule has 1 saturated carbocycles. The molecule has 11 atom stereocenters. The summed E-state index contributed by atoms with van der Waals surface area (Å²) in [6, 6.07) is 0. The van der Waals surface area contributed by atoms with Crippen LogP contribution in [0.4, 0.5) is 0 Å². The van der Waals surface area contributed by atoms with Crippen LogP contribution in [0.5, 0.6) is 0 Å². The molecule has 0 aromatic rings. The molecular formula is C34H60O13. The highest BCUT2D eigenvalue weighted by Gasteiger charge is 2.47. The van der Waals surface area contributed by atoms with Gasteiger partial charge < -0.3 is 59.8 Å². The number of allylic oxidation sites excluding steroid dienone is 4. The molecule has 1 aliphatic carbocycles. The van der Waals surface area contributed by atoms with E-state index < -0.39 is 86.3 Å². The number of carbonyl (C=O) groups is 1. The number of aliphatic hydroxyl groups is 8. The maximum atomic E-state index is 12.1. The van der Waals surface area contributed by atoms with E-state index in [0.717, 1.165) is 44.9 Å². The van der Waals surface area contributed by atoms with Crippen molar-refractivity contribution in [1.29, 1.82) is 0 Å². The van der Waals surface area contributed by atoms with E-state index in [1.807, 2.05) is 0 Å². The quantitative estimate of drug-likeness (QED) is 0.0431. The van der Waals surface area contributed by atoms with Crippen molar-refractivity contribution in [2.24, 2.45) is 5.92 Å². The number of hydrogen-bond acceptors (Lipinski definition) is 13. The second-order valence-corrected chi connectivity index (χ2v) is 12.7. The molecule has 13 nitrogen and oxygen atoms in total. The highest BCUT2D eigenvalue weighted by molar-refractivity contribution is 5.69. The van der Waals surface area contributed by atoms with Crippen LogP contribution in [0.2, 0.25) is 0 Å². The van der Waals surface area contributed by atoms with Crippen LogP contribution in [0.3, 0.4) is 0 Å². The van der Waals surface area contributed by atoms with Gasteiger partial charge in [-0.25, -0.2) is 0 Å². The van der Waals surface area contributed by atoms with Crippen LogP contribution >= 0.6 is 0 Å². The predicted molar refractivity (Wildman–Crippen MR) is 172 cm³/mol. The van der Waals surface area contributed by atoms with Crippen molar-refractivity contribution in [3.63, 3.8) is 0 Å². The smallest absolute Gasteiger partial charge is 0.305 e. The van der Waals surface area contributed by atoms with Crippen LogP contribution < -0.4 is 0 Å². The molecule has 274 valence electrons. The van der Waals surface area contributed by atoms with Gasteiger partial charge in [0, 0.05) is 18.9 Å². The van der Waals surface area contributed by atoms with E-state index in [1.165, 1.54) is 19.3 Å². The average molecular weight is 677 g/mol. The van der Waals surface area contributed by atoms with Crippen molar-refractivity contribution < 1.29 is 64.6 Å². The molecule has 2 fully saturated rings. The molecule has 0 spiro atoms. The topological polar surface area (TPSA) is 216 Å². The monoisotopic (exact) mass is 676 g/mol. The molecule has 1 aliphatic heterocycles. The van der Waals surface area contributed by atoms with E-state index in [9.17, 15) is 45.6 Å². The molecule has 13 heteroatoms. The maximum Gasteiger partial charge on any atom is 0.305 e. The van der Waals surface area contributed by atoms with E-state index in [-0.39, 0.29) is 26.1 Å². The van der Waals surface area contributed by atoms with E-state index >= 15 is 0 Å². The number of hydrogen-bond donors (Lipinski definition) is 8. The summed E-state index contributed by atoms with van der Waals surface area (Å²) in [6.45, 7) is 0.641. The number of aliphatic hydroxyl groups excluding tert-OH is 8. The molecule has 0 radical (unpaired) electrons. The minimum absolute atomic E-state index is 0.0182. The van der Waals surface area contributed by atoms with Crippen molar-refractivity contribution in [2.45, 2.75) is 152 Å². The van der Waals surface area contributed by atoms with Crippen molar-refractivity contribution >= 4 is 5.97 Å². The lowest BCUT2D eigenvalue weighted by atomic mass is 9.81. The molecule has 0 bridgehead atoms. The lowest BCUT2D eigenvalue weighted by Crippen LogP contribution is -2.60. The van der Waals surface area contributed by atoms with E-state index in [0.29, 0.717) is 6.42 Å². The van der Waals surface area contributed by atoms with Gasteiger partial charge in [0.25, 0.3) is 0 Å². The summed E-state index contributed by atoms with van der Waals surface area (Å²) in [6.07, 6.45) is 6.76. The summed E-state index contributed by atoms with van der Waals surface area (Å²) in [5.41, 5.74) is 0. The minimum Gasteiger partial charge on any atom is -0.463 e. The Morgan fingerprint density at radius 1 is 0.766 bits per heavy atom. The Hall–Kier alpha value is -1.49. The first-order valence-corrected chi connectivity index (χ1v) is 17.3. The summed E-state index contributed by atoms with van der Waals surface area (Å²) in [5.74, 6) is -1.18. The average Bonchev–Trinajstić information content (AvgIpc) is 3.06. The third-order valence-corrected chi connectivity index (χ3v) is 8.70. The fourth-order valence-corrected chi connectivity index (χ4v) is 5.63. The predicted octanol–water partition coefficient (Wildman–Crippen LogP) is 1.01. The summed E-state index contributed by atoms with van der Waals surface area (Å²) < 4.78 is 21.7. The molecule has 2 aliphatic rings.